The molecule has 2 aromatic heterocycles. The van der Waals surface area contributed by atoms with Gasteiger partial charge in [0.15, 0.2) is 6.29 Å². The van der Waals surface area contributed by atoms with Crippen molar-refractivity contribution in [3.05, 3.63) is 83.1 Å². The number of rotatable bonds is 6. The third kappa shape index (κ3) is 4.27. The fourth-order valence-electron chi connectivity index (χ4n) is 5.80. The Kier molecular flexibility index (Phi) is 6.68. The van der Waals surface area contributed by atoms with Gasteiger partial charge in [0.25, 0.3) is 0 Å². The second kappa shape index (κ2) is 10.4. The van der Waals surface area contributed by atoms with Crippen LogP contribution in [0.25, 0.3) is 32.8 Å². The molecule has 0 spiro atoms. The third-order valence-corrected chi connectivity index (χ3v) is 7.56. The van der Waals surface area contributed by atoms with E-state index >= 15 is 4.39 Å². The number of H-pyrrole nitrogens is 1. The fourth-order valence-corrected chi connectivity index (χ4v) is 5.80. The number of aryl methyl sites for hydroxylation is 3. The van der Waals surface area contributed by atoms with Gasteiger partial charge in [-0.05, 0) is 68.3 Å². The molecule has 1 aliphatic rings. The number of carbonyl (C=O) groups is 1. The van der Waals surface area contributed by atoms with E-state index in [0.717, 1.165) is 82.0 Å². The SMILES string of the molecule is Cc1[nH]nc2c1-c1c(F)ccc3c(CCCOc4cccc5ccccc45)c(C=O)n(c13)CCCCNC2. The van der Waals surface area contributed by atoms with E-state index in [1.54, 1.807) is 0 Å². The van der Waals surface area contributed by atoms with Crippen LogP contribution in [0.5, 0.6) is 5.75 Å². The lowest BCUT2D eigenvalue weighted by Gasteiger charge is -2.12. The highest BCUT2D eigenvalue weighted by Gasteiger charge is 2.26. The maximum atomic E-state index is 15.6. The van der Waals surface area contributed by atoms with Gasteiger partial charge in [-0.25, -0.2) is 4.39 Å². The number of hydrogen-bond donors (Lipinski definition) is 2. The van der Waals surface area contributed by atoms with Gasteiger partial charge in [0.05, 0.1) is 23.5 Å². The van der Waals surface area contributed by atoms with Gasteiger partial charge in [0.1, 0.15) is 11.6 Å². The minimum absolute atomic E-state index is 0.301. The summed E-state index contributed by atoms with van der Waals surface area (Å²) in [6.07, 6.45) is 4.17. The first-order valence-electron chi connectivity index (χ1n) is 13.3. The molecule has 0 radical (unpaired) electrons. The first-order valence-corrected chi connectivity index (χ1v) is 13.3. The molecule has 6 nitrogen and oxygen atoms in total. The van der Waals surface area contributed by atoms with Crippen molar-refractivity contribution in [1.29, 1.82) is 0 Å². The normalized spacial score (nSPS) is 13.8. The average molecular weight is 511 g/mol. The number of nitrogens with one attached hydrogen (secondary N) is 2. The predicted molar refractivity (Wildman–Crippen MR) is 148 cm³/mol. The summed E-state index contributed by atoms with van der Waals surface area (Å²) < 4.78 is 23.8. The summed E-state index contributed by atoms with van der Waals surface area (Å²) in [5.74, 6) is 0.557. The molecule has 0 fully saturated rings. The van der Waals surface area contributed by atoms with Crippen molar-refractivity contribution in [3.8, 4) is 16.9 Å². The van der Waals surface area contributed by atoms with E-state index in [-0.39, 0.29) is 5.82 Å². The first-order chi connectivity index (χ1) is 18.7. The second-order valence-corrected chi connectivity index (χ2v) is 9.94. The van der Waals surface area contributed by atoms with E-state index < -0.39 is 0 Å². The number of aldehydes is 1. The number of ether oxygens (including phenoxy) is 1. The van der Waals surface area contributed by atoms with Gasteiger partial charge >= 0.3 is 0 Å². The van der Waals surface area contributed by atoms with Gasteiger partial charge in [0.2, 0.25) is 0 Å². The summed E-state index contributed by atoms with van der Waals surface area (Å²) in [5, 5.41) is 14.1. The van der Waals surface area contributed by atoms with Crippen LogP contribution in [0.15, 0.2) is 54.6 Å². The van der Waals surface area contributed by atoms with Crippen molar-refractivity contribution in [2.24, 2.45) is 0 Å². The number of halogens is 1. The van der Waals surface area contributed by atoms with E-state index in [1.165, 1.54) is 6.07 Å². The van der Waals surface area contributed by atoms with Gasteiger partial charge in [0, 0.05) is 40.7 Å². The van der Waals surface area contributed by atoms with E-state index in [9.17, 15) is 4.79 Å². The number of nitrogens with zero attached hydrogens (tertiary/aromatic N) is 2. The Labute approximate surface area is 220 Å². The molecule has 0 atom stereocenters. The lowest BCUT2D eigenvalue weighted by molar-refractivity contribution is 0.111. The second-order valence-electron chi connectivity index (χ2n) is 9.94. The van der Waals surface area contributed by atoms with Crippen molar-refractivity contribution in [2.45, 2.75) is 45.7 Å². The standard InChI is InChI=1S/C31H31FN4O2/c1-20-29-26(35-34-20)18-33-15-4-5-16-36-27(19-37)23(24-13-14-25(32)30(29)31(24)36)11-7-17-38-28-12-6-9-21-8-2-3-10-22(21)28/h2-3,6,8-10,12-14,19,33H,4-5,7,11,15-18H2,1H3,(H,34,35). The Morgan fingerprint density at radius 1 is 1.05 bits per heavy atom. The molecule has 6 rings (SSSR count). The van der Waals surface area contributed by atoms with Crippen molar-refractivity contribution in [3.63, 3.8) is 0 Å². The third-order valence-electron chi connectivity index (χ3n) is 7.56. The predicted octanol–water partition coefficient (Wildman–Crippen LogP) is 6.34. The van der Waals surface area contributed by atoms with E-state index in [1.807, 2.05) is 41.8 Å². The Morgan fingerprint density at radius 3 is 2.82 bits per heavy atom. The van der Waals surface area contributed by atoms with Crippen LogP contribution < -0.4 is 10.1 Å². The molecular formula is C31H31FN4O2. The summed E-state index contributed by atoms with van der Waals surface area (Å²) in [7, 11) is 0. The number of aromatic amines is 1. The van der Waals surface area contributed by atoms with Gasteiger partial charge in [-0.1, -0.05) is 36.4 Å². The lowest BCUT2D eigenvalue weighted by atomic mass is 9.97. The van der Waals surface area contributed by atoms with Gasteiger partial charge in [-0.2, -0.15) is 5.10 Å². The molecule has 0 aliphatic carbocycles. The molecule has 38 heavy (non-hydrogen) atoms. The van der Waals surface area contributed by atoms with Crippen LogP contribution in [0.1, 0.15) is 46.7 Å². The van der Waals surface area contributed by atoms with E-state index in [0.29, 0.717) is 37.4 Å². The molecule has 7 heteroatoms. The van der Waals surface area contributed by atoms with Crippen molar-refractivity contribution < 1.29 is 13.9 Å². The Bertz CT molecular complexity index is 1630. The van der Waals surface area contributed by atoms with Crippen LogP contribution in [0, 0.1) is 12.7 Å². The monoisotopic (exact) mass is 510 g/mol. The Balaban J connectivity index is 1.38. The summed E-state index contributed by atoms with van der Waals surface area (Å²) in [5.41, 5.74) is 5.28. The molecule has 5 aromatic rings. The molecule has 0 amide bonds. The van der Waals surface area contributed by atoms with Crippen molar-refractivity contribution in [2.75, 3.05) is 13.2 Å². The summed E-state index contributed by atoms with van der Waals surface area (Å²) >= 11 is 0. The molecule has 0 saturated carbocycles. The lowest BCUT2D eigenvalue weighted by Crippen LogP contribution is -2.15. The number of aromatic nitrogens is 3. The van der Waals surface area contributed by atoms with Crippen LogP contribution in [-0.2, 0) is 19.5 Å². The highest BCUT2D eigenvalue weighted by molar-refractivity contribution is 6.02. The summed E-state index contributed by atoms with van der Waals surface area (Å²) in [4.78, 5) is 12.5. The zero-order valence-electron chi connectivity index (χ0n) is 21.5. The molecule has 1 aliphatic heterocycles. The molecule has 2 N–H and O–H groups in total. The van der Waals surface area contributed by atoms with Crippen LogP contribution in [0.4, 0.5) is 4.39 Å². The zero-order chi connectivity index (χ0) is 26.1. The first kappa shape index (κ1) is 24.4. The number of hydrogen-bond acceptors (Lipinski definition) is 4. The largest absolute Gasteiger partial charge is 0.493 e. The quantitative estimate of drug-likeness (QED) is 0.207. The van der Waals surface area contributed by atoms with Crippen molar-refractivity contribution in [1.82, 2.24) is 20.1 Å². The maximum Gasteiger partial charge on any atom is 0.166 e. The number of carbonyl (C=O) groups excluding carboxylic acids is 1. The highest BCUT2D eigenvalue weighted by Crippen LogP contribution is 2.39. The molecule has 3 aromatic carbocycles. The number of fused-ring (bicyclic) bond motifs is 3. The van der Waals surface area contributed by atoms with E-state index in [2.05, 4.69) is 33.7 Å². The number of benzene rings is 3. The van der Waals surface area contributed by atoms with Gasteiger partial charge < -0.3 is 14.6 Å². The van der Waals surface area contributed by atoms with Crippen molar-refractivity contribution >= 4 is 28.0 Å². The molecule has 0 saturated heterocycles. The van der Waals surface area contributed by atoms with E-state index in [4.69, 9.17) is 4.74 Å². The minimum Gasteiger partial charge on any atom is -0.493 e. The maximum absolute atomic E-state index is 15.6. The van der Waals surface area contributed by atoms with Gasteiger partial charge in [-0.3, -0.25) is 9.89 Å². The average Bonchev–Trinajstić information content (AvgIpc) is 3.43. The zero-order valence-corrected chi connectivity index (χ0v) is 21.5. The highest BCUT2D eigenvalue weighted by atomic mass is 19.1. The minimum atomic E-state index is -0.301. The Hall–Kier alpha value is -3.97. The fraction of sp³-hybridized carbons (Fsp3) is 0.290. The molecule has 0 bridgehead atoms. The van der Waals surface area contributed by atoms with Crippen LogP contribution >= 0.6 is 0 Å². The van der Waals surface area contributed by atoms with Crippen LogP contribution in [-0.4, -0.2) is 34.2 Å². The Morgan fingerprint density at radius 2 is 1.92 bits per heavy atom. The smallest absolute Gasteiger partial charge is 0.166 e. The topological polar surface area (TPSA) is 71.9 Å². The molecule has 3 heterocycles. The summed E-state index contributed by atoms with van der Waals surface area (Å²) in [6.45, 7) is 4.49. The van der Waals surface area contributed by atoms with Gasteiger partial charge in [-0.15, -0.1) is 0 Å². The molecular weight excluding hydrogens is 479 g/mol. The van der Waals surface area contributed by atoms with Crippen LogP contribution in [0.2, 0.25) is 0 Å². The molecule has 194 valence electrons. The summed E-state index contributed by atoms with van der Waals surface area (Å²) in [6, 6.07) is 17.6. The molecule has 0 unspecified atom stereocenters. The van der Waals surface area contributed by atoms with Crippen LogP contribution in [0.3, 0.4) is 0 Å².